The summed E-state index contributed by atoms with van der Waals surface area (Å²) in [5.74, 6) is -1.60. The molecule has 178 valence electrons. The largest absolute Gasteiger partial charge is 0.477 e. The number of fused-ring (bicyclic) bond motifs is 1. The van der Waals surface area contributed by atoms with E-state index in [-0.39, 0.29) is 23.4 Å². The number of carbonyl (C=O) groups is 1. The minimum atomic E-state index is -1.18. The number of aromatic carboxylic acids is 1. The molecule has 35 heavy (non-hydrogen) atoms. The van der Waals surface area contributed by atoms with Crippen LogP contribution >= 0.6 is 0 Å². The van der Waals surface area contributed by atoms with Gasteiger partial charge in [-0.25, -0.2) is 14.6 Å². The quantitative estimate of drug-likeness (QED) is 0.391. The average molecular weight is 473 g/mol. The first-order chi connectivity index (χ1) is 16.9. The first-order valence-corrected chi connectivity index (χ1v) is 11.4. The van der Waals surface area contributed by atoms with Crippen LogP contribution in [0, 0.1) is 5.82 Å². The molecular weight excluding hydrogens is 447 g/mol. The fourth-order valence-electron chi connectivity index (χ4n) is 4.68. The first kappa shape index (κ1) is 22.6. The number of pyridine rings is 1. The Morgan fingerprint density at radius 3 is 2.69 bits per heavy atom. The van der Waals surface area contributed by atoms with E-state index in [1.54, 1.807) is 28.8 Å². The predicted molar refractivity (Wildman–Crippen MR) is 134 cm³/mol. The van der Waals surface area contributed by atoms with E-state index in [1.807, 2.05) is 43.4 Å². The molecule has 0 saturated heterocycles. The van der Waals surface area contributed by atoms with E-state index in [4.69, 9.17) is 0 Å². The molecule has 3 N–H and O–H groups in total. The van der Waals surface area contributed by atoms with Crippen molar-refractivity contribution >= 4 is 22.4 Å². The fourth-order valence-corrected chi connectivity index (χ4v) is 4.68. The molecule has 3 heterocycles. The van der Waals surface area contributed by atoms with Crippen LogP contribution in [0.5, 0.6) is 0 Å². The molecule has 0 atom stereocenters. The number of aromatic nitrogens is 2. The zero-order chi connectivity index (χ0) is 24.7. The Bertz CT molecular complexity index is 1550. The number of nitrogens with one attached hydrogen (secondary N) is 2. The average Bonchev–Trinajstić information content (AvgIpc) is 3.42. The van der Waals surface area contributed by atoms with Crippen molar-refractivity contribution in [1.29, 1.82) is 0 Å². The molecule has 1 aliphatic rings. The number of aryl methyl sites for hydroxylation is 1. The molecule has 2 aromatic heterocycles. The van der Waals surface area contributed by atoms with Crippen LogP contribution in [-0.4, -0.2) is 39.2 Å². The van der Waals surface area contributed by atoms with Crippen molar-refractivity contribution in [3.05, 3.63) is 99.5 Å². The summed E-state index contributed by atoms with van der Waals surface area (Å²) in [4.78, 5) is 27.9. The molecule has 5 rings (SSSR count). The van der Waals surface area contributed by atoms with Crippen molar-refractivity contribution in [3.63, 3.8) is 0 Å². The fraction of sp³-hybridized carbons (Fsp3) is 0.185. The normalized spacial score (nSPS) is 13.5. The van der Waals surface area contributed by atoms with E-state index in [1.165, 1.54) is 12.3 Å². The molecule has 0 bridgehead atoms. The highest BCUT2D eigenvalue weighted by molar-refractivity contribution is 6.08. The molecule has 0 fully saturated rings. The van der Waals surface area contributed by atoms with E-state index >= 15 is 4.39 Å². The van der Waals surface area contributed by atoms with Crippen molar-refractivity contribution in [1.82, 2.24) is 20.0 Å². The van der Waals surface area contributed by atoms with Crippen LogP contribution in [0.1, 0.15) is 34.1 Å². The standard InChI is InChI=1S/C27H25FN4O3/c1-3-16-6-9-23-21(11-16)24(20-5-4-10-29-26(20)33)25(27(34)35)32(23)15-18-12-17(7-8-22(18)28)19-13-30-31(2)14-19/h4-12,14,30H,3,13,15H2,1-2H3,(H,29,33)(H,34,35). The van der Waals surface area contributed by atoms with Gasteiger partial charge >= 0.3 is 5.97 Å². The topological polar surface area (TPSA) is 90.4 Å². The Balaban J connectivity index is 1.74. The summed E-state index contributed by atoms with van der Waals surface area (Å²) in [5, 5.41) is 12.8. The van der Waals surface area contributed by atoms with Crippen LogP contribution in [-0.2, 0) is 13.0 Å². The van der Waals surface area contributed by atoms with Gasteiger partial charge in [-0.15, -0.1) is 0 Å². The van der Waals surface area contributed by atoms with Crippen LogP contribution in [0.15, 0.2) is 65.7 Å². The molecule has 0 radical (unpaired) electrons. The molecular formula is C27H25FN4O3. The number of halogens is 1. The van der Waals surface area contributed by atoms with E-state index in [9.17, 15) is 14.7 Å². The third kappa shape index (κ3) is 4.02. The number of benzene rings is 2. The molecule has 1 aliphatic heterocycles. The molecule has 2 aromatic carbocycles. The molecule has 8 heteroatoms. The maximum Gasteiger partial charge on any atom is 0.353 e. The highest BCUT2D eigenvalue weighted by Gasteiger charge is 2.26. The Morgan fingerprint density at radius 2 is 2.00 bits per heavy atom. The number of carboxylic acid groups (broad SMARTS) is 1. The maximum atomic E-state index is 15.0. The number of aromatic amines is 1. The van der Waals surface area contributed by atoms with Gasteiger partial charge in [-0.05, 0) is 59.5 Å². The molecule has 0 unspecified atom stereocenters. The Labute approximate surface area is 201 Å². The Hall–Kier alpha value is -4.17. The second-order valence-corrected chi connectivity index (χ2v) is 8.64. The van der Waals surface area contributed by atoms with Gasteiger partial charge in [-0.2, -0.15) is 0 Å². The summed E-state index contributed by atoms with van der Waals surface area (Å²) in [6.07, 6.45) is 4.20. The monoisotopic (exact) mass is 472 g/mol. The third-order valence-electron chi connectivity index (χ3n) is 6.44. The molecule has 0 amide bonds. The first-order valence-electron chi connectivity index (χ1n) is 11.4. The smallest absolute Gasteiger partial charge is 0.353 e. The zero-order valence-corrected chi connectivity index (χ0v) is 19.4. The number of hydrogen-bond acceptors (Lipinski definition) is 4. The summed E-state index contributed by atoms with van der Waals surface area (Å²) in [5.41, 5.74) is 7.22. The van der Waals surface area contributed by atoms with Gasteiger partial charge in [0.25, 0.3) is 5.56 Å². The lowest BCUT2D eigenvalue weighted by Gasteiger charge is -2.12. The zero-order valence-electron chi connectivity index (χ0n) is 19.4. The summed E-state index contributed by atoms with van der Waals surface area (Å²) in [6, 6.07) is 13.9. The van der Waals surface area contributed by atoms with Gasteiger partial charge in [-0.3, -0.25) is 4.79 Å². The summed E-state index contributed by atoms with van der Waals surface area (Å²) < 4.78 is 16.6. The summed E-state index contributed by atoms with van der Waals surface area (Å²) in [6.45, 7) is 2.63. The van der Waals surface area contributed by atoms with E-state index < -0.39 is 11.8 Å². The van der Waals surface area contributed by atoms with Gasteiger partial charge in [0.2, 0.25) is 0 Å². The number of hydrazine groups is 1. The van der Waals surface area contributed by atoms with Crippen LogP contribution in [0.2, 0.25) is 0 Å². The van der Waals surface area contributed by atoms with Crippen molar-refractivity contribution in [2.24, 2.45) is 0 Å². The van der Waals surface area contributed by atoms with Gasteiger partial charge < -0.3 is 19.7 Å². The lowest BCUT2D eigenvalue weighted by atomic mass is 10.0. The predicted octanol–water partition coefficient (Wildman–Crippen LogP) is 4.24. The Kier molecular flexibility index (Phi) is 5.74. The number of rotatable bonds is 6. The lowest BCUT2D eigenvalue weighted by Crippen LogP contribution is -2.23. The number of nitrogens with zero attached hydrogens (tertiary/aromatic N) is 2. The minimum Gasteiger partial charge on any atom is -0.477 e. The van der Waals surface area contributed by atoms with Crippen LogP contribution in [0.25, 0.3) is 27.6 Å². The molecule has 4 aromatic rings. The third-order valence-corrected chi connectivity index (χ3v) is 6.44. The second-order valence-electron chi connectivity index (χ2n) is 8.64. The second kappa shape index (κ2) is 8.88. The van der Waals surface area contributed by atoms with E-state index in [0.717, 1.165) is 23.1 Å². The van der Waals surface area contributed by atoms with Crippen LogP contribution in [0.3, 0.4) is 0 Å². The number of carboxylic acids is 1. The number of hydrogen-bond donors (Lipinski definition) is 3. The SMILES string of the molecule is CCc1ccc2c(c1)c(-c1ccc[nH]c1=O)c(C(=O)O)n2Cc1cc(C2=CN(C)NC2)ccc1F. The Morgan fingerprint density at radius 1 is 1.17 bits per heavy atom. The molecule has 0 saturated carbocycles. The summed E-state index contributed by atoms with van der Waals surface area (Å²) in [7, 11) is 1.89. The minimum absolute atomic E-state index is 0.00453. The van der Waals surface area contributed by atoms with Gasteiger partial charge in [-0.1, -0.05) is 19.1 Å². The lowest BCUT2D eigenvalue weighted by molar-refractivity contribution is 0.0687. The molecule has 0 aliphatic carbocycles. The van der Waals surface area contributed by atoms with Crippen molar-refractivity contribution in [2.45, 2.75) is 19.9 Å². The van der Waals surface area contributed by atoms with Gasteiger partial charge in [0.1, 0.15) is 11.5 Å². The maximum absolute atomic E-state index is 15.0. The highest BCUT2D eigenvalue weighted by Crippen LogP contribution is 2.35. The van der Waals surface area contributed by atoms with Crippen molar-refractivity contribution < 1.29 is 14.3 Å². The van der Waals surface area contributed by atoms with Crippen molar-refractivity contribution in [3.8, 4) is 11.1 Å². The van der Waals surface area contributed by atoms with E-state index in [2.05, 4.69) is 10.4 Å². The van der Waals surface area contributed by atoms with Gasteiger partial charge in [0.05, 0.1) is 6.54 Å². The molecule has 7 nitrogen and oxygen atoms in total. The van der Waals surface area contributed by atoms with Crippen LogP contribution < -0.4 is 11.0 Å². The number of H-pyrrole nitrogens is 1. The van der Waals surface area contributed by atoms with Crippen LogP contribution in [0.4, 0.5) is 4.39 Å². The highest BCUT2D eigenvalue weighted by atomic mass is 19.1. The van der Waals surface area contributed by atoms with Gasteiger partial charge in [0, 0.05) is 53.6 Å². The summed E-state index contributed by atoms with van der Waals surface area (Å²) >= 11 is 0. The van der Waals surface area contributed by atoms with E-state index in [0.29, 0.717) is 28.6 Å². The molecule has 0 spiro atoms. The van der Waals surface area contributed by atoms with Gasteiger partial charge in [0.15, 0.2) is 0 Å². The van der Waals surface area contributed by atoms with Crippen molar-refractivity contribution in [2.75, 3.05) is 13.6 Å².